The molecular weight excluding hydrogens is 358 g/mol. The zero-order valence-corrected chi connectivity index (χ0v) is 14.0. The van der Waals surface area contributed by atoms with Crippen molar-refractivity contribution in [2.45, 2.75) is 13.5 Å². The van der Waals surface area contributed by atoms with E-state index < -0.39 is 0 Å². The number of hydrogen-bond donors (Lipinski definition) is 1. The van der Waals surface area contributed by atoms with Crippen LogP contribution in [0.15, 0.2) is 53.0 Å². The number of carbonyl (C=O) groups is 1. The minimum absolute atomic E-state index is 0.00887. The Morgan fingerprint density at radius 1 is 1.22 bits per heavy atom. The maximum atomic E-state index is 12.1. The van der Waals surface area contributed by atoms with Gasteiger partial charge in [-0.2, -0.15) is 4.80 Å². The third-order valence-corrected chi connectivity index (χ3v) is 4.10. The van der Waals surface area contributed by atoms with Crippen molar-refractivity contribution in [1.82, 2.24) is 20.2 Å². The van der Waals surface area contributed by atoms with Gasteiger partial charge in [0, 0.05) is 15.7 Å². The summed E-state index contributed by atoms with van der Waals surface area (Å²) in [6.07, 6.45) is 0. The first-order valence-corrected chi connectivity index (χ1v) is 7.80. The van der Waals surface area contributed by atoms with E-state index in [4.69, 9.17) is 0 Å². The summed E-state index contributed by atoms with van der Waals surface area (Å²) >= 11 is 3.43. The molecule has 1 aromatic heterocycles. The first-order valence-electron chi connectivity index (χ1n) is 7.01. The number of aromatic nitrogens is 4. The second kappa shape index (κ2) is 6.70. The smallest absolute Gasteiger partial charge is 0.248 e. The number of tetrazole rings is 1. The minimum atomic E-state index is -0.205. The molecule has 6 nitrogen and oxygen atoms in total. The van der Waals surface area contributed by atoms with E-state index in [0.717, 1.165) is 21.3 Å². The third-order valence-electron chi connectivity index (χ3n) is 3.21. The first kappa shape index (κ1) is 15.4. The monoisotopic (exact) mass is 371 g/mol. The lowest BCUT2D eigenvalue weighted by atomic mass is 10.2. The fraction of sp³-hybridized carbons (Fsp3) is 0.125. The summed E-state index contributed by atoms with van der Waals surface area (Å²) in [4.78, 5) is 13.4. The quantitative estimate of drug-likeness (QED) is 0.764. The molecule has 23 heavy (non-hydrogen) atoms. The molecule has 1 N–H and O–H groups in total. The van der Waals surface area contributed by atoms with E-state index in [1.807, 2.05) is 55.5 Å². The predicted molar refractivity (Wildman–Crippen MR) is 90.8 cm³/mol. The van der Waals surface area contributed by atoms with E-state index in [1.165, 1.54) is 4.80 Å². The zero-order chi connectivity index (χ0) is 16.2. The Hall–Kier alpha value is -2.54. The van der Waals surface area contributed by atoms with Gasteiger partial charge in [0.05, 0.1) is 0 Å². The van der Waals surface area contributed by atoms with Crippen LogP contribution in [0.5, 0.6) is 0 Å². The van der Waals surface area contributed by atoms with Gasteiger partial charge in [0.1, 0.15) is 6.54 Å². The summed E-state index contributed by atoms with van der Waals surface area (Å²) in [6, 6.07) is 15.1. The minimum Gasteiger partial charge on any atom is -0.324 e. The first-order chi connectivity index (χ1) is 11.1. The topological polar surface area (TPSA) is 72.7 Å². The lowest BCUT2D eigenvalue weighted by Crippen LogP contribution is -2.20. The summed E-state index contributed by atoms with van der Waals surface area (Å²) in [5.41, 5.74) is 2.65. The molecule has 3 rings (SSSR count). The number of aryl methyl sites for hydroxylation is 1. The molecule has 116 valence electrons. The van der Waals surface area contributed by atoms with E-state index in [2.05, 4.69) is 36.7 Å². The van der Waals surface area contributed by atoms with Gasteiger partial charge in [-0.05, 0) is 35.9 Å². The number of hydrogen-bond acceptors (Lipinski definition) is 4. The molecule has 0 spiro atoms. The van der Waals surface area contributed by atoms with Crippen LogP contribution in [0, 0.1) is 6.92 Å². The Bertz CT molecular complexity index is 831. The Morgan fingerprint density at radius 2 is 2.00 bits per heavy atom. The molecule has 1 amide bonds. The van der Waals surface area contributed by atoms with Gasteiger partial charge in [-0.1, -0.05) is 46.3 Å². The molecule has 2 aromatic carbocycles. The van der Waals surface area contributed by atoms with E-state index in [1.54, 1.807) is 0 Å². The van der Waals surface area contributed by atoms with Crippen LogP contribution in [0.25, 0.3) is 11.4 Å². The summed E-state index contributed by atoms with van der Waals surface area (Å²) < 4.78 is 1.00. The fourth-order valence-electron chi connectivity index (χ4n) is 2.06. The van der Waals surface area contributed by atoms with Crippen LogP contribution >= 0.6 is 15.9 Å². The van der Waals surface area contributed by atoms with Crippen LogP contribution in [-0.4, -0.2) is 26.1 Å². The van der Waals surface area contributed by atoms with Crippen molar-refractivity contribution >= 4 is 27.5 Å². The van der Waals surface area contributed by atoms with Crippen LogP contribution in [0.3, 0.4) is 0 Å². The molecule has 1 heterocycles. The van der Waals surface area contributed by atoms with Gasteiger partial charge in [-0.25, -0.2) is 0 Å². The van der Waals surface area contributed by atoms with Gasteiger partial charge in [0.25, 0.3) is 0 Å². The predicted octanol–water partition coefficient (Wildman–Crippen LogP) is 3.05. The molecule has 0 aliphatic rings. The fourth-order valence-corrected chi connectivity index (χ4v) is 2.31. The zero-order valence-electron chi connectivity index (χ0n) is 12.4. The Morgan fingerprint density at radius 3 is 2.74 bits per heavy atom. The average molecular weight is 372 g/mol. The van der Waals surface area contributed by atoms with Gasteiger partial charge in [0.2, 0.25) is 11.7 Å². The number of benzene rings is 2. The van der Waals surface area contributed by atoms with Crippen molar-refractivity contribution in [2.75, 3.05) is 5.32 Å². The van der Waals surface area contributed by atoms with Crippen molar-refractivity contribution in [3.63, 3.8) is 0 Å². The summed E-state index contributed by atoms with van der Waals surface area (Å²) in [6.45, 7) is 1.97. The Balaban J connectivity index is 1.66. The average Bonchev–Trinajstić information content (AvgIpc) is 3.00. The highest BCUT2D eigenvalue weighted by atomic mass is 79.9. The van der Waals surface area contributed by atoms with E-state index in [9.17, 15) is 4.79 Å². The number of anilines is 1. The standard InChI is InChI=1S/C16H14BrN5O/c1-11-9-13(7-8-14(11)17)18-15(23)10-22-20-16(19-21-22)12-5-3-2-4-6-12/h2-9H,10H2,1H3,(H,18,23). The third kappa shape index (κ3) is 3.81. The molecule has 0 radical (unpaired) electrons. The summed E-state index contributed by atoms with van der Waals surface area (Å²) in [5, 5.41) is 14.9. The molecule has 0 atom stereocenters. The number of nitrogens with one attached hydrogen (secondary N) is 1. The van der Waals surface area contributed by atoms with Crippen LogP contribution < -0.4 is 5.32 Å². The maximum absolute atomic E-state index is 12.1. The van der Waals surface area contributed by atoms with Crippen LogP contribution in [0.4, 0.5) is 5.69 Å². The molecule has 0 unspecified atom stereocenters. The van der Waals surface area contributed by atoms with Gasteiger partial charge in [-0.3, -0.25) is 4.79 Å². The van der Waals surface area contributed by atoms with Crippen LogP contribution in [0.2, 0.25) is 0 Å². The highest BCUT2D eigenvalue weighted by Crippen LogP contribution is 2.20. The second-order valence-electron chi connectivity index (χ2n) is 5.02. The van der Waals surface area contributed by atoms with E-state index in [-0.39, 0.29) is 12.5 Å². The lowest BCUT2D eigenvalue weighted by Gasteiger charge is -2.06. The van der Waals surface area contributed by atoms with Gasteiger partial charge >= 0.3 is 0 Å². The second-order valence-corrected chi connectivity index (χ2v) is 5.88. The number of halogens is 1. The number of amides is 1. The van der Waals surface area contributed by atoms with Crippen molar-refractivity contribution in [2.24, 2.45) is 0 Å². The molecule has 3 aromatic rings. The van der Waals surface area contributed by atoms with Gasteiger partial charge in [-0.15, -0.1) is 10.2 Å². The number of carbonyl (C=O) groups excluding carboxylic acids is 1. The van der Waals surface area contributed by atoms with Crippen molar-refractivity contribution in [3.8, 4) is 11.4 Å². The van der Waals surface area contributed by atoms with Gasteiger partial charge in [0.15, 0.2) is 0 Å². The van der Waals surface area contributed by atoms with E-state index >= 15 is 0 Å². The summed E-state index contributed by atoms with van der Waals surface area (Å²) in [5.74, 6) is 0.293. The molecule has 0 bridgehead atoms. The normalized spacial score (nSPS) is 10.5. The molecule has 0 aliphatic heterocycles. The molecule has 0 saturated heterocycles. The molecular formula is C16H14BrN5O. The van der Waals surface area contributed by atoms with Crippen molar-refractivity contribution in [3.05, 3.63) is 58.6 Å². The van der Waals surface area contributed by atoms with Crippen LogP contribution in [0.1, 0.15) is 5.56 Å². The SMILES string of the molecule is Cc1cc(NC(=O)Cn2nnc(-c3ccccc3)n2)ccc1Br. The van der Waals surface area contributed by atoms with E-state index in [0.29, 0.717) is 5.82 Å². The summed E-state index contributed by atoms with van der Waals surface area (Å²) in [7, 11) is 0. The molecule has 0 aliphatic carbocycles. The van der Waals surface area contributed by atoms with Crippen LogP contribution in [-0.2, 0) is 11.3 Å². The number of rotatable bonds is 4. The molecule has 7 heteroatoms. The Kier molecular flexibility index (Phi) is 4.47. The van der Waals surface area contributed by atoms with Crippen molar-refractivity contribution in [1.29, 1.82) is 0 Å². The highest BCUT2D eigenvalue weighted by molar-refractivity contribution is 9.10. The lowest BCUT2D eigenvalue weighted by molar-refractivity contribution is -0.117. The highest BCUT2D eigenvalue weighted by Gasteiger charge is 2.09. The maximum Gasteiger partial charge on any atom is 0.248 e. The number of nitrogens with zero attached hydrogens (tertiary/aromatic N) is 4. The molecule has 0 saturated carbocycles. The Labute approximate surface area is 141 Å². The molecule has 0 fully saturated rings. The van der Waals surface area contributed by atoms with Gasteiger partial charge < -0.3 is 5.32 Å². The van der Waals surface area contributed by atoms with Crippen molar-refractivity contribution < 1.29 is 4.79 Å². The largest absolute Gasteiger partial charge is 0.324 e.